The lowest BCUT2D eigenvalue weighted by molar-refractivity contribution is 0.0860. The van der Waals surface area contributed by atoms with Gasteiger partial charge in [0.05, 0.1) is 22.7 Å². The van der Waals surface area contributed by atoms with Crippen molar-refractivity contribution >= 4 is 26.8 Å². The third-order valence-corrected chi connectivity index (χ3v) is 8.17. The van der Waals surface area contributed by atoms with E-state index in [1.807, 2.05) is 20.8 Å². The van der Waals surface area contributed by atoms with Gasteiger partial charge in [0.15, 0.2) is 11.4 Å². The van der Waals surface area contributed by atoms with Crippen LogP contribution >= 0.6 is 0 Å². The van der Waals surface area contributed by atoms with Crippen LogP contribution in [-0.2, 0) is 9.84 Å². The molecule has 2 aromatic heterocycles. The number of sulfone groups is 1. The Morgan fingerprint density at radius 1 is 1.17 bits per heavy atom. The Hall–Kier alpha value is -3.01. The van der Waals surface area contributed by atoms with E-state index in [0.717, 1.165) is 0 Å². The van der Waals surface area contributed by atoms with Gasteiger partial charge in [-0.15, -0.1) is 0 Å². The van der Waals surface area contributed by atoms with Crippen molar-refractivity contribution < 1.29 is 22.3 Å². The number of Topliss-reactive ketones (excluding diaryl/α,β-unsaturated/α-hetero) is 1. The fourth-order valence-electron chi connectivity index (χ4n) is 4.53. The molecule has 0 amide bonds. The van der Waals surface area contributed by atoms with Crippen LogP contribution in [0.15, 0.2) is 41.2 Å². The summed E-state index contributed by atoms with van der Waals surface area (Å²) in [6, 6.07) is 9.65. The highest BCUT2D eigenvalue weighted by molar-refractivity contribution is 7.91. The predicted octanol–water partition coefficient (Wildman–Crippen LogP) is 4.25. The van der Waals surface area contributed by atoms with Gasteiger partial charge < -0.3 is 4.74 Å². The monoisotopic (exact) mass is 503 g/mol. The Morgan fingerprint density at radius 3 is 2.49 bits per heavy atom. The van der Waals surface area contributed by atoms with Crippen molar-refractivity contribution in [2.24, 2.45) is 5.41 Å². The number of benzene rings is 1. The Bertz CT molecular complexity index is 1430. The summed E-state index contributed by atoms with van der Waals surface area (Å²) < 4.78 is 45.1. The van der Waals surface area contributed by atoms with Crippen molar-refractivity contribution in [1.82, 2.24) is 14.1 Å². The summed E-state index contributed by atoms with van der Waals surface area (Å²) in [6.45, 7) is 6.93. The highest BCUT2D eigenvalue weighted by Crippen LogP contribution is 2.36. The van der Waals surface area contributed by atoms with Gasteiger partial charge in [0.2, 0.25) is 6.36 Å². The number of fused-ring (bicyclic) bond motifs is 1. The van der Waals surface area contributed by atoms with Gasteiger partial charge in [-0.2, -0.15) is 0 Å². The molecule has 1 fully saturated rings. The van der Waals surface area contributed by atoms with Crippen LogP contribution < -0.4 is 10.4 Å². The first-order valence-corrected chi connectivity index (χ1v) is 13.5. The topological polar surface area (TPSA) is 100 Å². The summed E-state index contributed by atoms with van der Waals surface area (Å²) in [6.07, 6.45) is -0.437. The fourth-order valence-corrected chi connectivity index (χ4v) is 6.35. The molecule has 0 radical (unpaired) electrons. The summed E-state index contributed by atoms with van der Waals surface area (Å²) in [4.78, 5) is 31.1. The van der Waals surface area contributed by atoms with Gasteiger partial charge in [-0.1, -0.05) is 13.0 Å². The Kier molecular flexibility index (Phi) is 6.61. The lowest BCUT2D eigenvalue weighted by Crippen LogP contribution is -2.33. The van der Waals surface area contributed by atoms with E-state index in [1.54, 1.807) is 36.4 Å². The second-order valence-corrected chi connectivity index (χ2v) is 12.1. The van der Waals surface area contributed by atoms with Crippen LogP contribution in [0.25, 0.3) is 16.9 Å². The zero-order valence-electron chi connectivity index (χ0n) is 20.3. The molecule has 1 unspecified atom stereocenters. The largest absolute Gasteiger partial charge is 0.461 e. The number of pyridine rings is 1. The average molecular weight is 504 g/mol. The number of carbonyl (C=O) groups excluding carboxylic acids is 1. The van der Waals surface area contributed by atoms with Crippen molar-refractivity contribution in [3.05, 3.63) is 52.6 Å². The third-order valence-electron chi connectivity index (χ3n) is 6.52. The first kappa shape index (κ1) is 25.1. The van der Waals surface area contributed by atoms with Gasteiger partial charge in [0.1, 0.15) is 21.3 Å². The van der Waals surface area contributed by atoms with E-state index in [-0.39, 0.29) is 46.9 Å². The number of imidazole rings is 1. The summed E-state index contributed by atoms with van der Waals surface area (Å²) in [7, 11) is -3.03. The van der Waals surface area contributed by atoms with Crippen LogP contribution in [0.4, 0.5) is 4.39 Å². The molecule has 0 bridgehead atoms. The number of ketones is 1. The third kappa shape index (κ3) is 5.17. The number of aromatic nitrogens is 3. The molecule has 1 atom stereocenters. The second-order valence-electron chi connectivity index (χ2n) is 9.84. The van der Waals surface area contributed by atoms with E-state index in [1.165, 1.54) is 16.1 Å². The molecule has 8 nitrogen and oxygen atoms in total. The molecule has 3 heterocycles. The van der Waals surface area contributed by atoms with E-state index in [0.29, 0.717) is 29.7 Å². The number of halogens is 1. The van der Waals surface area contributed by atoms with Crippen molar-refractivity contribution in [2.45, 2.75) is 59.4 Å². The fraction of sp³-hybridized carbons (Fsp3) is 0.480. The molecule has 0 saturated carbocycles. The molecule has 35 heavy (non-hydrogen) atoms. The van der Waals surface area contributed by atoms with Gasteiger partial charge in [-0.25, -0.2) is 22.6 Å². The van der Waals surface area contributed by atoms with Crippen LogP contribution in [0.5, 0.6) is 5.75 Å². The molecule has 4 rings (SSSR count). The molecule has 1 aromatic carbocycles. The highest BCUT2D eigenvalue weighted by Gasteiger charge is 2.35. The van der Waals surface area contributed by atoms with Crippen LogP contribution in [0.2, 0.25) is 0 Å². The molecule has 10 heteroatoms. The Labute approximate surface area is 203 Å². The summed E-state index contributed by atoms with van der Waals surface area (Å²) >= 11 is 0. The number of alkyl halides is 1. The zero-order chi connectivity index (χ0) is 25.5. The number of nitrogens with zero attached hydrogens (tertiary/aromatic N) is 3. The molecule has 188 valence electrons. The quantitative estimate of drug-likeness (QED) is 0.447. The van der Waals surface area contributed by atoms with Gasteiger partial charge >= 0.3 is 5.69 Å². The molecule has 0 N–H and O–H groups in total. The molecule has 1 saturated heterocycles. The van der Waals surface area contributed by atoms with E-state index < -0.39 is 21.6 Å². The maximum atomic E-state index is 13.4. The summed E-state index contributed by atoms with van der Waals surface area (Å²) in [5.41, 5.74) is 0.882. The summed E-state index contributed by atoms with van der Waals surface area (Å²) in [5.74, 6) is 0.278. The Morgan fingerprint density at radius 2 is 1.86 bits per heavy atom. The number of hydrogen-bond donors (Lipinski definition) is 0. The molecule has 1 aliphatic rings. The molecular formula is C25H30FN3O5S. The van der Waals surface area contributed by atoms with E-state index in [4.69, 9.17) is 4.74 Å². The van der Waals surface area contributed by atoms with Crippen LogP contribution in [0.3, 0.4) is 0 Å². The van der Waals surface area contributed by atoms with Crippen molar-refractivity contribution in [2.75, 3.05) is 11.5 Å². The molecule has 3 aromatic rings. The van der Waals surface area contributed by atoms with Gasteiger partial charge in [0.25, 0.3) is 0 Å². The Balaban J connectivity index is 1.74. The van der Waals surface area contributed by atoms with Crippen molar-refractivity contribution in [3.63, 3.8) is 0 Å². The van der Waals surface area contributed by atoms with E-state index in [2.05, 4.69) is 4.98 Å². The maximum Gasteiger partial charge on any atom is 0.335 e. The lowest BCUT2D eigenvalue weighted by Gasteiger charge is -2.32. The zero-order valence-corrected chi connectivity index (χ0v) is 21.1. The minimum atomic E-state index is -3.03. The van der Waals surface area contributed by atoms with E-state index >= 15 is 0 Å². The van der Waals surface area contributed by atoms with Crippen LogP contribution in [0.1, 0.15) is 63.5 Å². The number of ether oxygens (including phenoxy) is 1. The van der Waals surface area contributed by atoms with Crippen LogP contribution in [-0.4, -0.2) is 46.2 Å². The van der Waals surface area contributed by atoms with Crippen LogP contribution in [0, 0.1) is 5.41 Å². The van der Waals surface area contributed by atoms with E-state index in [9.17, 15) is 22.4 Å². The highest BCUT2D eigenvalue weighted by atomic mass is 32.2. The first-order valence-electron chi connectivity index (χ1n) is 11.7. The van der Waals surface area contributed by atoms with Crippen molar-refractivity contribution in [1.29, 1.82) is 0 Å². The van der Waals surface area contributed by atoms with Gasteiger partial charge in [0, 0.05) is 25.5 Å². The molecule has 0 spiro atoms. The predicted molar refractivity (Wildman–Crippen MR) is 132 cm³/mol. The SMILES string of the molecule is CC(F)Oc1cccc(-n2c(=O)n(C(C)C)c3nc(C(=O)CC4(C)CCS(=O)(=O)CC4)ccc32)c1. The number of hydrogen-bond acceptors (Lipinski definition) is 6. The van der Waals surface area contributed by atoms with Gasteiger partial charge in [-0.05, 0) is 56.4 Å². The lowest BCUT2D eigenvalue weighted by atomic mass is 9.79. The number of rotatable bonds is 7. The maximum absolute atomic E-state index is 13.4. The second kappa shape index (κ2) is 9.22. The first-order chi connectivity index (χ1) is 16.4. The average Bonchev–Trinajstić information content (AvgIpc) is 3.07. The normalized spacial score (nSPS) is 18.0. The summed E-state index contributed by atoms with van der Waals surface area (Å²) in [5, 5.41) is 0. The minimum absolute atomic E-state index is 0.0863. The molecule has 0 aliphatic carbocycles. The standard InChI is InChI=1S/C25H30FN3O5S/c1-16(2)28-23-21(29(24(28)31)18-6-5-7-19(14-18)34-17(3)26)9-8-20(27-23)22(30)15-25(4)10-12-35(32,33)13-11-25/h5-9,14,16-17H,10-13,15H2,1-4H3. The smallest absolute Gasteiger partial charge is 0.335 e. The number of carbonyl (C=O) groups is 1. The van der Waals surface area contributed by atoms with Crippen molar-refractivity contribution in [3.8, 4) is 11.4 Å². The molecule has 1 aliphatic heterocycles. The molecular weight excluding hydrogens is 473 g/mol. The minimum Gasteiger partial charge on any atom is -0.461 e. The van der Waals surface area contributed by atoms with Gasteiger partial charge in [-0.3, -0.25) is 13.9 Å².